The monoisotopic (exact) mass is 314 g/mol. The molecule has 1 aromatic heterocycles. The maximum absolute atomic E-state index is 12.5. The van der Waals surface area contributed by atoms with Gasteiger partial charge in [-0.1, -0.05) is 24.3 Å². The van der Waals surface area contributed by atoms with Crippen molar-refractivity contribution >= 4 is 11.9 Å². The standard InChI is InChI=1S/C16H18N4O3/c1-19-10-17-18-14(19)6-7-15(21)20-9-12-5-3-2-4-11(12)8-13(20)16(22)23/h2-5,10,13H,6-9H2,1H3,(H,22,23). The quantitative estimate of drug-likeness (QED) is 0.901. The molecular weight excluding hydrogens is 296 g/mol. The molecule has 2 heterocycles. The Labute approximate surface area is 133 Å². The van der Waals surface area contributed by atoms with Crippen molar-refractivity contribution in [2.75, 3.05) is 0 Å². The number of carbonyl (C=O) groups is 2. The maximum Gasteiger partial charge on any atom is 0.326 e. The Morgan fingerprint density at radius 2 is 2.04 bits per heavy atom. The van der Waals surface area contributed by atoms with Crippen LogP contribution in [0.4, 0.5) is 0 Å². The third-order valence-electron chi connectivity index (χ3n) is 4.22. The van der Waals surface area contributed by atoms with Crippen LogP contribution in [0, 0.1) is 0 Å². The smallest absolute Gasteiger partial charge is 0.326 e. The van der Waals surface area contributed by atoms with E-state index in [0.29, 0.717) is 25.2 Å². The number of nitrogens with zero attached hydrogens (tertiary/aromatic N) is 4. The first-order chi connectivity index (χ1) is 11.1. The molecule has 7 heteroatoms. The number of hydrogen-bond acceptors (Lipinski definition) is 4. The van der Waals surface area contributed by atoms with E-state index in [9.17, 15) is 14.7 Å². The fraction of sp³-hybridized carbons (Fsp3) is 0.375. The highest BCUT2D eigenvalue weighted by atomic mass is 16.4. The van der Waals surface area contributed by atoms with E-state index in [0.717, 1.165) is 11.1 Å². The highest BCUT2D eigenvalue weighted by Gasteiger charge is 2.34. The second kappa shape index (κ2) is 6.20. The molecule has 7 nitrogen and oxygen atoms in total. The molecular formula is C16H18N4O3. The topological polar surface area (TPSA) is 88.3 Å². The normalized spacial score (nSPS) is 16.9. The van der Waals surface area contributed by atoms with Crippen molar-refractivity contribution in [1.82, 2.24) is 19.7 Å². The molecule has 2 aromatic rings. The lowest BCUT2D eigenvalue weighted by molar-refractivity contribution is -0.151. The van der Waals surface area contributed by atoms with Gasteiger partial charge >= 0.3 is 5.97 Å². The van der Waals surface area contributed by atoms with Gasteiger partial charge in [-0.25, -0.2) is 4.79 Å². The lowest BCUT2D eigenvalue weighted by Crippen LogP contribution is -2.48. The zero-order chi connectivity index (χ0) is 16.4. The van der Waals surface area contributed by atoms with Crippen LogP contribution in [0.3, 0.4) is 0 Å². The van der Waals surface area contributed by atoms with Crippen LogP contribution in [0.1, 0.15) is 23.4 Å². The summed E-state index contributed by atoms with van der Waals surface area (Å²) in [4.78, 5) is 25.5. The summed E-state index contributed by atoms with van der Waals surface area (Å²) in [5.41, 5.74) is 2.01. The van der Waals surface area contributed by atoms with Gasteiger partial charge in [0.05, 0.1) is 0 Å². The number of aryl methyl sites for hydroxylation is 2. The van der Waals surface area contributed by atoms with Crippen LogP contribution in [0.5, 0.6) is 0 Å². The molecule has 23 heavy (non-hydrogen) atoms. The number of hydrogen-bond donors (Lipinski definition) is 1. The minimum atomic E-state index is -0.966. The average molecular weight is 314 g/mol. The van der Waals surface area contributed by atoms with E-state index in [1.165, 1.54) is 4.90 Å². The second-order valence-corrected chi connectivity index (χ2v) is 5.71. The molecule has 1 unspecified atom stereocenters. The summed E-state index contributed by atoms with van der Waals surface area (Å²) >= 11 is 0. The van der Waals surface area contributed by atoms with Crippen LogP contribution in [0.15, 0.2) is 30.6 Å². The number of aromatic nitrogens is 3. The molecule has 0 spiro atoms. The van der Waals surface area contributed by atoms with Crippen molar-refractivity contribution in [1.29, 1.82) is 0 Å². The van der Waals surface area contributed by atoms with Crippen molar-refractivity contribution in [3.8, 4) is 0 Å². The molecule has 0 fully saturated rings. The molecule has 0 radical (unpaired) electrons. The summed E-state index contributed by atoms with van der Waals surface area (Å²) in [6.45, 7) is 0.338. The van der Waals surface area contributed by atoms with E-state index in [-0.39, 0.29) is 12.3 Å². The molecule has 1 N–H and O–H groups in total. The molecule has 0 aliphatic carbocycles. The average Bonchev–Trinajstić information content (AvgIpc) is 2.96. The number of carbonyl (C=O) groups excluding carboxylic acids is 1. The van der Waals surface area contributed by atoms with Crippen molar-refractivity contribution in [3.63, 3.8) is 0 Å². The highest BCUT2D eigenvalue weighted by molar-refractivity contribution is 5.84. The minimum Gasteiger partial charge on any atom is -0.480 e. The zero-order valence-electron chi connectivity index (χ0n) is 12.8. The lowest BCUT2D eigenvalue weighted by Gasteiger charge is -2.34. The van der Waals surface area contributed by atoms with Gasteiger partial charge in [0.25, 0.3) is 0 Å². The van der Waals surface area contributed by atoms with Crippen LogP contribution >= 0.6 is 0 Å². The Morgan fingerprint density at radius 3 is 2.70 bits per heavy atom. The summed E-state index contributed by atoms with van der Waals surface area (Å²) in [7, 11) is 1.82. The predicted molar refractivity (Wildman–Crippen MR) is 81.4 cm³/mol. The first kappa shape index (κ1) is 15.2. The molecule has 1 aromatic carbocycles. The molecule has 120 valence electrons. The number of carboxylic acids is 1. The van der Waals surface area contributed by atoms with Gasteiger partial charge in [0, 0.05) is 32.9 Å². The summed E-state index contributed by atoms with van der Waals surface area (Å²) in [5, 5.41) is 17.2. The second-order valence-electron chi connectivity index (χ2n) is 5.71. The van der Waals surface area contributed by atoms with E-state index in [4.69, 9.17) is 0 Å². The van der Waals surface area contributed by atoms with Gasteiger partial charge in [-0.15, -0.1) is 10.2 Å². The molecule has 0 saturated carbocycles. The van der Waals surface area contributed by atoms with Gasteiger partial charge in [-0.2, -0.15) is 0 Å². The predicted octanol–water partition coefficient (Wildman–Crippen LogP) is 0.786. The minimum absolute atomic E-state index is 0.171. The molecule has 1 aliphatic heterocycles. The number of fused-ring (bicyclic) bond motifs is 1. The van der Waals surface area contributed by atoms with Gasteiger partial charge in [0.15, 0.2) is 0 Å². The van der Waals surface area contributed by atoms with E-state index < -0.39 is 12.0 Å². The Hall–Kier alpha value is -2.70. The fourth-order valence-corrected chi connectivity index (χ4v) is 2.90. The molecule has 3 rings (SSSR count). The summed E-state index contributed by atoms with van der Waals surface area (Å²) in [6, 6.07) is 6.85. The van der Waals surface area contributed by atoms with Gasteiger partial charge in [0.2, 0.25) is 5.91 Å². The van der Waals surface area contributed by atoms with Crippen molar-refractivity contribution < 1.29 is 14.7 Å². The maximum atomic E-state index is 12.5. The molecule has 0 saturated heterocycles. The highest BCUT2D eigenvalue weighted by Crippen LogP contribution is 2.24. The number of benzene rings is 1. The summed E-state index contributed by atoms with van der Waals surface area (Å²) < 4.78 is 1.76. The summed E-state index contributed by atoms with van der Waals surface area (Å²) in [5.74, 6) is -0.427. The van der Waals surface area contributed by atoms with Crippen LogP contribution in [-0.4, -0.2) is 42.7 Å². The molecule has 1 atom stereocenters. The van der Waals surface area contributed by atoms with E-state index in [1.54, 1.807) is 10.9 Å². The van der Waals surface area contributed by atoms with Gasteiger partial charge in [0.1, 0.15) is 18.2 Å². The SMILES string of the molecule is Cn1cnnc1CCC(=O)N1Cc2ccccc2CC1C(=O)O. The molecule has 1 aliphatic rings. The van der Waals surface area contributed by atoms with Crippen molar-refractivity contribution in [2.45, 2.75) is 31.8 Å². The van der Waals surface area contributed by atoms with Crippen molar-refractivity contribution in [2.24, 2.45) is 7.05 Å². The number of rotatable bonds is 4. The van der Waals surface area contributed by atoms with E-state index in [2.05, 4.69) is 10.2 Å². The largest absolute Gasteiger partial charge is 0.480 e. The van der Waals surface area contributed by atoms with Gasteiger partial charge in [-0.05, 0) is 11.1 Å². The van der Waals surface area contributed by atoms with Gasteiger partial charge < -0.3 is 14.6 Å². The third-order valence-corrected chi connectivity index (χ3v) is 4.22. The molecule has 1 amide bonds. The van der Waals surface area contributed by atoms with Gasteiger partial charge in [-0.3, -0.25) is 4.79 Å². The Balaban J connectivity index is 1.75. The number of aliphatic carboxylic acids is 1. The van der Waals surface area contributed by atoms with E-state index in [1.807, 2.05) is 31.3 Å². The van der Waals surface area contributed by atoms with Crippen LogP contribution in [0.2, 0.25) is 0 Å². The molecule has 0 bridgehead atoms. The van der Waals surface area contributed by atoms with Crippen LogP contribution < -0.4 is 0 Å². The summed E-state index contributed by atoms with van der Waals surface area (Å²) in [6.07, 6.45) is 2.59. The Morgan fingerprint density at radius 1 is 1.30 bits per heavy atom. The van der Waals surface area contributed by atoms with Crippen LogP contribution in [-0.2, 0) is 36.0 Å². The zero-order valence-corrected chi connectivity index (χ0v) is 12.8. The van der Waals surface area contributed by atoms with E-state index >= 15 is 0 Å². The Bertz CT molecular complexity index is 740. The van der Waals surface area contributed by atoms with Crippen LogP contribution in [0.25, 0.3) is 0 Å². The number of carboxylic acid groups (broad SMARTS) is 1. The van der Waals surface area contributed by atoms with Crippen molar-refractivity contribution in [3.05, 3.63) is 47.5 Å². The first-order valence-corrected chi connectivity index (χ1v) is 7.48. The third kappa shape index (κ3) is 3.08. The Kier molecular flexibility index (Phi) is 4.10. The fourth-order valence-electron chi connectivity index (χ4n) is 2.90. The lowest BCUT2D eigenvalue weighted by atomic mass is 9.93. The first-order valence-electron chi connectivity index (χ1n) is 7.48. The number of amides is 1.